The van der Waals surface area contributed by atoms with Gasteiger partial charge in [-0.05, 0) is 57.0 Å². The van der Waals surface area contributed by atoms with Crippen molar-refractivity contribution in [2.45, 2.75) is 25.8 Å². The number of amides is 1. The van der Waals surface area contributed by atoms with E-state index in [0.29, 0.717) is 11.6 Å². The van der Waals surface area contributed by atoms with E-state index in [9.17, 15) is 4.79 Å². The molecule has 0 bridgehead atoms. The summed E-state index contributed by atoms with van der Waals surface area (Å²) in [5.41, 5.74) is 7.10. The normalized spacial score (nSPS) is 20.2. The van der Waals surface area contributed by atoms with Crippen LogP contribution in [0.1, 0.15) is 19.8 Å². The molecule has 2 unspecified atom stereocenters. The smallest absolute Gasteiger partial charge is 0.241 e. The molecule has 21 heavy (non-hydrogen) atoms. The first-order valence-electron chi connectivity index (χ1n) is 7.50. The van der Waals surface area contributed by atoms with Crippen LogP contribution in [0.25, 0.3) is 0 Å². The van der Waals surface area contributed by atoms with Crippen LogP contribution in [0.5, 0.6) is 0 Å². The van der Waals surface area contributed by atoms with Gasteiger partial charge < -0.3 is 15.8 Å². The number of benzene rings is 1. The number of carbonyl (C=O) groups excluding carboxylic acids is 1. The molecule has 3 N–H and O–H groups in total. The number of ether oxygens (including phenoxy) is 1. The molecular formula is C16H25N3O2. The zero-order valence-electron chi connectivity index (χ0n) is 12.8. The highest BCUT2D eigenvalue weighted by molar-refractivity contribution is 5.94. The third kappa shape index (κ3) is 4.72. The van der Waals surface area contributed by atoms with Crippen LogP contribution < -0.4 is 11.1 Å². The Morgan fingerprint density at radius 3 is 2.81 bits per heavy atom. The van der Waals surface area contributed by atoms with Crippen molar-refractivity contribution in [3.63, 3.8) is 0 Å². The lowest BCUT2D eigenvalue weighted by Crippen LogP contribution is -2.43. The molecule has 1 heterocycles. The van der Waals surface area contributed by atoms with Crippen molar-refractivity contribution in [2.24, 2.45) is 5.92 Å². The fourth-order valence-electron chi connectivity index (χ4n) is 2.53. The van der Waals surface area contributed by atoms with E-state index < -0.39 is 0 Å². The van der Waals surface area contributed by atoms with Crippen LogP contribution in [0.3, 0.4) is 0 Å². The zero-order chi connectivity index (χ0) is 15.2. The largest absolute Gasteiger partial charge is 0.399 e. The number of nitrogens with two attached hydrogens (primary N) is 1. The summed E-state index contributed by atoms with van der Waals surface area (Å²) in [6.45, 7) is 4.48. The number of nitrogens with zero attached hydrogens (tertiary/aromatic N) is 1. The number of rotatable bonds is 5. The summed E-state index contributed by atoms with van der Waals surface area (Å²) in [6, 6.07) is 7.01. The topological polar surface area (TPSA) is 67.6 Å². The van der Waals surface area contributed by atoms with E-state index in [1.807, 2.05) is 26.1 Å². The molecule has 0 aromatic heterocycles. The van der Waals surface area contributed by atoms with Gasteiger partial charge in [0.1, 0.15) is 0 Å². The number of anilines is 2. The molecule has 5 heteroatoms. The van der Waals surface area contributed by atoms with E-state index >= 15 is 0 Å². The van der Waals surface area contributed by atoms with Gasteiger partial charge in [-0.1, -0.05) is 0 Å². The molecule has 2 atom stereocenters. The summed E-state index contributed by atoms with van der Waals surface area (Å²) < 4.78 is 5.49. The van der Waals surface area contributed by atoms with Crippen molar-refractivity contribution in [1.82, 2.24) is 4.90 Å². The zero-order valence-corrected chi connectivity index (χ0v) is 12.8. The Bertz CT molecular complexity index is 455. The lowest BCUT2D eigenvalue weighted by atomic mass is 10.0. The fraction of sp³-hybridized carbons (Fsp3) is 0.562. The summed E-state index contributed by atoms with van der Waals surface area (Å²) in [5.74, 6) is 0.523. The average Bonchev–Trinajstić information content (AvgIpc) is 2.49. The van der Waals surface area contributed by atoms with Gasteiger partial charge in [0.15, 0.2) is 0 Å². The van der Waals surface area contributed by atoms with E-state index in [2.05, 4.69) is 10.2 Å². The molecule has 1 amide bonds. The molecule has 0 spiro atoms. The van der Waals surface area contributed by atoms with Crippen LogP contribution in [-0.2, 0) is 9.53 Å². The second-order valence-electron chi connectivity index (χ2n) is 5.81. The van der Waals surface area contributed by atoms with E-state index in [1.54, 1.807) is 12.1 Å². The number of hydrogen-bond donors (Lipinski definition) is 2. The minimum atomic E-state index is -0.176. The van der Waals surface area contributed by atoms with Gasteiger partial charge in [-0.2, -0.15) is 0 Å². The molecule has 5 nitrogen and oxygen atoms in total. The molecule has 0 aliphatic carbocycles. The molecule has 116 valence electrons. The second-order valence-corrected chi connectivity index (χ2v) is 5.81. The minimum Gasteiger partial charge on any atom is -0.399 e. The molecule has 1 saturated heterocycles. The molecule has 1 aromatic rings. The third-order valence-electron chi connectivity index (χ3n) is 4.02. The molecule has 1 fully saturated rings. The van der Waals surface area contributed by atoms with Crippen molar-refractivity contribution in [3.05, 3.63) is 24.3 Å². The van der Waals surface area contributed by atoms with Gasteiger partial charge in [0, 0.05) is 24.5 Å². The Kier molecular flexibility index (Phi) is 5.59. The van der Waals surface area contributed by atoms with Crippen molar-refractivity contribution >= 4 is 17.3 Å². The number of likely N-dealkylation sites (N-methyl/N-ethyl adjacent to an activating group) is 1. The summed E-state index contributed by atoms with van der Waals surface area (Å²) in [5, 5.41) is 2.92. The van der Waals surface area contributed by atoms with E-state index in [4.69, 9.17) is 10.5 Å². The fourth-order valence-corrected chi connectivity index (χ4v) is 2.53. The van der Waals surface area contributed by atoms with Crippen molar-refractivity contribution in [3.8, 4) is 0 Å². The van der Waals surface area contributed by atoms with E-state index in [1.165, 1.54) is 6.42 Å². The summed E-state index contributed by atoms with van der Waals surface area (Å²) in [7, 11) is 1.99. The van der Waals surface area contributed by atoms with Crippen LogP contribution >= 0.6 is 0 Å². The molecule has 2 rings (SSSR count). The van der Waals surface area contributed by atoms with Gasteiger partial charge in [0.25, 0.3) is 0 Å². The number of nitrogens with one attached hydrogen (secondary N) is 1. The average molecular weight is 291 g/mol. The quantitative estimate of drug-likeness (QED) is 0.814. The second kappa shape index (κ2) is 7.43. The molecule has 0 radical (unpaired) electrons. The van der Waals surface area contributed by atoms with Crippen molar-refractivity contribution in [2.75, 3.05) is 37.9 Å². The highest BCUT2D eigenvalue weighted by Crippen LogP contribution is 2.16. The van der Waals surface area contributed by atoms with E-state index in [-0.39, 0.29) is 11.9 Å². The highest BCUT2D eigenvalue weighted by atomic mass is 16.5. The minimum absolute atomic E-state index is 0.000927. The highest BCUT2D eigenvalue weighted by Gasteiger charge is 2.22. The molecular weight excluding hydrogens is 266 g/mol. The predicted octanol–water partition coefficient (Wildman–Crippen LogP) is 1.95. The van der Waals surface area contributed by atoms with Gasteiger partial charge >= 0.3 is 0 Å². The SMILES string of the molecule is CC(C(=O)Nc1ccc(N)cc1)N(C)CC1CCCOC1. The monoisotopic (exact) mass is 291 g/mol. The van der Waals surface area contributed by atoms with Crippen molar-refractivity contribution < 1.29 is 9.53 Å². The number of nitrogen functional groups attached to an aromatic ring is 1. The van der Waals surface area contributed by atoms with Crippen LogP contribution in [0.4, 0.5) is 11.4 Å². The van der Waals surface area contributed by atoms with Gasteiger partial charge in [-0.25, -0.2) is 0 Å². The Balaban J connectivity index is 1.84. The third-order valence-corrected chi connectivity index (χ3v) is 4.02. The first-order valence-corrected chi connectivity index (χ1v) is 7.50. The van der Waals surface area contributed by atoms with Gasteiger partial charge in [-0.3, -0.25) is 9.69 Å². The molecule has 1 aliphatic rings. The molecule has 0 saturated carbocycles. The Hall–Kier alpha value is -1.59. The van der Waals surface area contributed by atoms with E-state index in [0.717, 1.165) is 31.9 Å². The van der Waals surface area contributed by atoms with Crippen LogP contribution in [0.2, 0.25) is 0 Å². The Labute approximate surface area is 126 Å². The van der Waals surface area contributed by atoms with Crippen LogP contribution in [0.15, 0.2) is 24.3 Å². The van der Waals surface area contributed by atoms with Crippen molar-refractivity contribution in [1.29, 1.82) is 0 Å². The lowest BCUT2D eigenvalue weighted by Gasteiger charge is -2.30. The Morgan fingerprint density at radius 1 is 1.48 bits per heavy atom. The number of hydrogen-bond acceptors (Lipinski definition) is 4. The summed E-state index contributed by atoms with van der Waals surface area (Å²) in [6.07, 6.45) is 2.29. The van der Waals surface area contributed by atoms with Gasteiger partial charge in [-0.15, -0.1) is 0 Å². The standard InChI is InChI=1S/C16H25N3O2/c1-12(19(2)10-13-4-3-9-21-11-13)16(20)18-15-7-5-14(17)6-8-15/h5-8,12-13H,3-4,9-11,17H2,1-2H3,(H,18,20). The van der Waals surface area contributed by atoms with Crippen LogP contribution in [0, 0.1) is 5.92 Å². The first-order chi connectivity index (χ1) is 10.1. The van der Waals surface area contributed by atoms with Gasteiger partial charge in [0.2, 0.25) is 5.91 Å². The maximum Gasteiger partial charge on any atom is 0.241 e. The maximum absolute atomic E-state index is 12.3. The molecule has 1 aliphatic heterocycles. The molecule has 1 aromatic carbocycles. The van der Waals surface area contributed by atoms with Crippen LogP contribution in [-0.4, -0.2) is 43.7 Å². The Morgan fingerprint density at radius 2 is 2.19 bits per heavy atom. The predicted molar refractivity (Wildman–Crippen MR) is 85.1 cm³/mol. The lowest BCUT2D eigenvalue weighted by molar-refractivity contribution is -0.120. The summed E-state index contributed by atoms with van der Waals surface area (Å²) >= 11 is 0. The first kappa shape index (κ1) is 15.8. The van der Waals surface area contributed by atoms with Gasteiger partial charge in [0.05, 0.1) is 12.6 Å². The maximum atomic E-state index is 12.3. The summed E-state index contributed by atoms with van der Waals surface area (Å²) in [4.78, 5) is 14.4. The number of carbonyl (C=O) groups is 1.